The number of rotatable bonds is 1. The van der Waals surface area contributed by atoms with Gasteiger partial charge in [0.05, 0.1) is 0 Å². The molecule has 2 unspecified atom stereocenters. The Bertz CT molecular complexity index is 407. The Balaban J connectivity index is 2.07. The third kappa shape index (κ3) is 1.42. The summed E-state index contributed by atoms with van der Waals surface area (Å²) in [6.07, 6.45) is 2.53. The fraction of sp³-hybridized carbons (Fsp3) is 0.500. The van der Waals surface area contributed by atoms with Crippen LogP contribution in [-0.2, 0) is 5.41 Å². The largest absolute Gasteiger partial charge is 0.330 e. The quantitative estimate of drug-likeness (QED) is 0.815. The summed E-state index contributed by atoms with van der Waals surface area (Å²) < 4.78 is 0. The van der Waals surface area contributed by atoms with Crippen LogP contribution >= 0.6 is 23.4 Å². The zero-order valence-corrected chi connectivity index (χ0v) is 10.1. The minimum Gasteiger partial charge on any atom is -0.330 e. The Hall–Kier alpha value is -0.180. The second-order valence-electron chi connectivity index (χ2n) is 4.53. The van der Waals surface area contributed by atoms with Crippen molar-refractivity contribution in [1.29, 1.82) is 0 Å². The highest BCUT2D eigenvalue weighted by Gasteiger charge is 2.55. The van der Waals surface area contributed by atoms with Crippen LogP contribution in [0.3, 0.4) is 0 Å². The van der Waals surface area contributed by atoms with Crippen LogP contribution in [0.5, 0.6) is 0 Å². The molecule has 0 amide bonds. The number of thioether (sulfide) groups is 1. The van der Waals surface area contributed by atoms with Gasteiger partial charge in [-0.05, 0) is 54.8 Å². The average Bonchev–Trinajstić information content (AvgIpc) is 2.94. The highest BCUT2D eigenvalue weighted by molar-refractivity contribution is 7.99. The average molecular weight is 240 g/mol. The van der Waals surface area contributed by atoms with E-state index in [1.54, 1.807) is 0 Å². The Morgan fingerprint density at radius 3 is 3.13 bits per heavy atom. The molecule has 3 rings (SSSR count). The Morgan fingerprint density at radius 1 is 1.53 bits per heavy atom. The summed E-state index contributed by atoms with van der Waals surface area (Å²) in [5, 5.41) is 0.860. The molecular formula is C12H14ClNS. The number of hydrogen-bond donors (Lipinski definition) is 1. The predicted octanol–water partition coefficient (Wildman–Crippen LogP) is 3.05. The monoisotopic (exact) mass is 239 g/mol. The van der Waals surface area contributed by atoms with Gasteiger partial charge in [0.15, 0.2) is 0 Å². The lowest BCUT2D eigenvalue weighted by molar-refractivity contribution is 0.574. The van der Waals surface area contributed by atoms with Gasteiger partial charge in [-0.25, -0.2) is 0 Å². The van der Waals surface area contributed by atoms with Crippen molar-refractivity contribution in [2.45, 2.75) is 23.2 Å². The molecule has 2 N–H and O–H groups in total. The molecular weight excluding hydrogens is 226 g/mol. The van der Waals surface area contributed by atoms with Gasteiger partial charge in [0.1, 0.15) is 0 Å². The van der Waals surface area contributed by atoms with E-state index in [1.807, 2.05) is 17.8 Å². The molecule has 1 aromatic rings. The SMILES string of the molecule is NCC1CC12CCSc1ccc(Cl)cc12. The Labute approximate surface area is 99.4 Å². The predicted molar refractivity (Wildman–Crippen MR) is 65.6 cm³/mol. The summed E-state index contributed by atoms with van der Waals surface area (Å²) in [7, 11) is 0. The van der Waals surface area contributed by atoms with Gasteiger partial charge in [0.2, 0.25) is 0 Å². The first kappa shape index (κ1) is 10.0. The van der Waals surface area contributed by atoms with E-state index < -0.39 is 0 Å². The molecule has 0 radical (unpaired) electrons. The second kappa shape index (κ2) is 3.41. The van der Waals surface area contributed by atoms with Crippen LogP contribution in [-0.4, -0.2) is 12.3 Å². The first-order valence-corrected chi connectivity index (χ1v) is 6.75. The van der Waals surface area contributed by atoms with E-state index in [0.29, 0.717) is 11.3 Å². The maximum Gasteiger partial charge on any atom is 0.0409 e. The van der Waals surface area contributed by atoms with Crippen molar-refractivity contribution in [2.75, 3.05) is 12.3 Å². The standard InChI is InChI=1S/C12H14ClNS/c13-9-1-2-11-10(5-9)12(3-4-15-11)6-8(12)7-14/h1-2,5,8H,3-4,6-7,14H2. The zero-order chi connectivity index (χ0) is 10.5. The van der Waals surface area contributed by atoms with Crippen LogP contribution < -0.4 is 5.73 Å². The molecule has 1 aliphatic carbocycles. The first-order chi connectivity index (χ1) is 7.26. The smallest absolute Gasteiger partial charge is 0.0409 e. The topological polar surface area (TPSA) is 26.0 Å². The summed E-state index contributed by atoms with van der Waals surface area (Å²) >= 11 is 8.03. The van der Waals surface area contributed by atoms with E-state index in [1.165, 1.54) is 29.1 Å². The highest BCUT2D eigenvalue weighted by atomic mass is 35.5. The molecule has 3 heteroatoms. The molecule has 1 aliphatic heterocycles. The van der Waals surface area contributed by atoms with Gasteiger partial charge >= 0.3 is 0 Å². The lowest BCUT2D eigenvalue weighted by atomic mass is 9.90. The molecule has 1 nitrogen and oxygen atoms in total. The van der Waals surface area contributed by atoms with Crippen LogP contribution in [0.15, 0.2) is 23.1 Å². The maximum absolute atomic E-state index is 6.08. The molecule has 1 aromatic carbocycles. The molecule has 1 heterocycles. The Morgan fingerprint density at radius 2 is 2.40 bits per heavy atom. The van der Waals surface area contributed by atoms with Crippen LogP contribution in [0.25, 0.3) is 0 Å². The van der Waals surface area contributed by atoms with Crippen molar-refractivity contribution in [3.63, 3.8) is 0 Å². The van der Waals surface area contributed by atoms with Crippen LogP contribution in [0, 0.1) is 5.92 Å². The fourth-order valence-corrected chi connectivity index (χ4v) is 4.26. The van der Waals surface area contributed by atoms with E-state index >= 15 is 0 Å². The molecule has 1 saturated carbocycles. The number of nitrogens with two attached hydrogens (primary N) is 1. The van der Waals surface area contributed by atoms with Gasteiger partial charge in [0.25, 0.3) is 0 Å². The van der Waals surface area contributed by atoms with Gasteiger partial charge in [0, 0.05) is 15.3 Å². The van der Waals surface area contributed by atoms with Crippen molar-refractivity contribution in [3.8, 4) is 0 Å². The van der Waals surface area contributed by atoms with E-state index in [-0.39, 0.29) is 0 Å². The van der Waals surface area contributed by atoms with Crippen molar-refractivity contribution in [3.05, 3.63) is 28.8 Å². The van der Waals surface area contributed by atoms with Gasteiger partial charge in [-0.3, -0.25) is 0 Å². The minimum absolute atomic E-state index is 0.389. The lowest BCUT2D eigenvalue weighted by Gasteiger charge is -2.26. The van der Waals surface area contributed by atoms with Crippen molar-refractivity contribution < 1.29 is 0 Å². The van der Waals surface area contributed by atoms with Gasteiger partial charge in [-0.1, -0.05) is 11.6 Å². The van der Waals surface area contributed by atoms with Crippen molar-refractivity contribution >= 4 is 23.4 Å². The van der Waals surface area contributed by atoms with E-state index in [0.717, 1.165) is 11.6 Å². The first-order valence-electron chi connectivity index (χ1n) is 5.39. The molecule has 0 saturated heterocycles. The van der Waals surface area contributed by atoms with Gasteiger partial charge < -0.3 is 5.73 Å². The number of benzene rings is 1. The van der Waals surface area contributed by atoms with Crippen LogP contribution in [0.2, 0.25) is 5.02 Å². The summed E-state index contributed by atoms with van der Waals surface area (Å²) in [5.41, 5.74) is 7.64. The van der Waals surface area contributed by atoms with Crippen molar-refractivity contribution in [2.24, 2.45) is 11.7 Å². The minimum atomic E-state index is 0.389. The van der Waals surface area contributed by atoms with Crippen LogP contribution in [0.1, 0.15) is 18.4 Å². The maximum atomic E-state index is 6.08. The van der Waals surface area contributed by atoms with E-state index in [4.69, 9.17) is 17.3 Å². The zero-order valence-electron chi connectivity index (χ0n) is 8.50. The van der Waals surface area contributed by atoms with Crippen LogP contribution in [0.4, 0.5) is 0 Å². The number of hydrogen-bond acceptors (Lipinski definition) is 2. The molecule has 1 fully saturated rings. The Kier molecular flexibility index (Phi) is 2.27. The molecule has 80 valence electrons. The normalized spacial score (nSPS) is 32.8. The third-order valence-electron chi connectivity index (χ3n) is 3.80. The van der Waals surface area contributed by atoms with Gasteiger partial charge in [-0.2, -0.15) is 0 Å². The molecule has 2 aliphatic rings. The fourth-order valence-electron chi connectivity index (χ4n) is 2.82. The van der Waals surface area contributed by atoms with Gasteiger partial charge in [-0.15, -0.1) is 11.8 Å². The lowest BCUT2D eigenvalue weighted by Crippen LogP contribution is -2.20. The van der Waals surface area contributed by atoms with E-state index in [2.05, 4.69) is 12.1 Å². The number of fused-ring (bicyclic) bond motifs is 2. The van der Waals surface area contributed by atoms with E-state index in [9.17, 15) is 0 Å². The summed E-state index contributed by atoms with van der Waals surface area (Å²) in [6, 6.07) is 6.31. The molecule has 15 heavy (non-hydrogen) atoms. The number of halogens is 1. The highest BCUT2D eigenvalue weighted by Crippen LogP contribution is 2.61. The molecule has 1 spiro atoms. The summed E-state index contributed by atoms with van der Waals surface area (Å²) in [5.74, 6) is 1.92. The summed E-state index contributed by atoms with van der Waals surface area (Å²) in [4.78, 5) is 1.42. The molecule has 0 bridgehead atoms. The van der Waals surface area contributed by atoms with Crippen molar-refractivity contribution in [1.82, 2.24) is 0 Å². The second-order valence-corrected chi connectivity index (χ2v) is 6.11. The molecule has 2 atom stereocenters. The summed E-state index contributed by atoms with van der Waals surface area (Å²) in [6.45, 7) is 0.816. The molecule has 0 aromatic heterocycles. The third-order valence-corrected chi connectivity index (χ3v) is 5.11.